The van der Waals surface area contributed by atoms with E-state index < -0.39 is 16.1 Å². The van der Waals surface area contributed by atoms with E-state index in [1.54, 1.807) is 0 Å². The van der Waals surface area contributed by atoms with E-state index in [1.807, 2.05) is 0 Å². The van der Waals surface area contributed by atoms with E-state index in [4.69, 9.17) is 8.83 Å². The summed E-state index contributed by atoms with van der Waals surface area (Å²) in [6.07, 6.45) is 2.04. The van der Waals surface area contributed by atoms with Crippen LogP contribution < -0.4 is 20.2 Å². The van der Waals surface area contributed by atoms with Crippen LogP contribution in [0.15, 0.2) is 173 Å². The number of nitrogens with zero attached hydrogens (tertiary/aromatic N) is 2. The summed E-state index contributed by atoms with van der Waals surface area (Å²) in [6.45, 7) is 24.2. The van der Waals surface area contributed by atoms with Crippen LogP contribution in [0.3, 0.4) is 0 Å². The van der Waals surface area contributed by atoms with Crippen molar-refractivity contribution in [3.63, 3.8) is 0 Å². The lowest BCUT2D eigenvalue weighted by Crippen LogP contribution is -2.37. The van der Waals surface area contributed by atoms with Gasteiger partial charge in [0.05, 0.1) is 38.9 Å². The first kappa shape index (κ1) is 44.8. The molecular formula is C66H62N2O2Si2. The molecule has 0 atom stereocenters. The number of hydrogen-bond donors (Lipinski definition) is 0. The van der Waals surface area contributed by atoms with Crippen LogP contribution in [0.25, 0.3) is 76.2 Å². The van der Waals surface area contributed by atoms with Gasteiger partial charge in [-0.3, -0.25) is 0 Å². The fraction of sp³-hybridized carbons (Fsp3) is 0.212. The minimum atomic E-state index is -1.60. The molecule has 13 rings (SSSR count). The van der Waals surface area contributed by atoms with Crippen molar-refractivity contribution >= 4 is 137 Å². The monoisotopic (exact) mass is 970 g/mol. The van der Waals surface area contributed by atoms with Crippen LogP contribution in [-0.4, -0.2) is 16.1 Å². The lowest BCUT2D eigenvalue weighted by molar-refractivity contribution is 0.475. The molecule has 4 nitrogen and oxygen atoms in total. The molecule has 10 aromatic carbocycles. The quantitative estimate of drug-likeness (QED) is 0.107. The molecule has 72 heavy (non-hydrogen) atoms. The number of fused-ring (bicyclic) bond motifs is 6. The van der Waals surface area contributed by atoms with Crippen LogP contribution in [-0.2, 0) is 11.8 Å². The van der Waals surface area contributed by atoms with Gasteiger partial charge in [-0.15, -0.1) is 0 Å². The number of furan rings is 2. The largest absolute Gasteiger partial charge is 0.454 e. The maximum Gasteiger partial charge on any atom is 0.159 e. The fourth-order valence-corrected chi connectivity index (χ4v) is 14.5. The highest BCUT2D eigenvalue weighted by atomic mass is 28.3. The number of para-hydroxylation sites is 4. The molecule has 0 radical (unpaired) electrons. The topological polar surface area (TPSA) is 32.8 Å². The average Bonchev–Trinajstić information content (AvgIpc) is 3.95. The van der Waals surface area contributed by atoms with Crippen LogP contribution in [0.2, 0.25) is 39.3 Å². The Labute approximate surface area is 424 Å². The summed E-state index contributed by atoms with van der Waals surface area (Å²) in [5, 5.41) is 15.3. The molecule has 0 spiro atoms. The molecule has 0 saturated heterocycles. The Kier molecular flexibility index (Phi) is 9.91. The van der Waals surface area contributed by atoms with E-state index in [2.05, 4.69) is 241 Å². The highest BCUT2D eigenvalue weighted by molar-refractivity contribution is 6.89. The molecule has 356 valence electrons. The molecule has 2 aromatic heterocycles. The van der Waals surface area contributed by atoms with Crippen molar-refractivity contribution in [2.45, 2.75) is 91.2 Å². The molecule has 0 saturated carbocycles. The lowest BCUT2D eigenvalue weighted by atomic mass is 9.70. The molecule has 12 aromatic rings. The molecular weight excluding hydrogens is 909 g/mol. The summed E-state index contributed by atoms with van der Waals surface area (Å²) < 4.78 is 13.9. The number of aryl methyl sites for hydroxylation is 1. The van der Waals surface area contributed by atoms with Crippen molar-refractivity contribution in [2.75, 3.05) is 9.80 Å². The number of rotatable bonds is 9. The minimum absolute atomic E-state index is 0.0654. The van der Waals surface area contributed by atoms with Gasteiger partial charge in [-0.05, 0) is 124 Å². The van der Waals surface area contributed by atoms with Crippen molar-refractivity contribution in [3.05, 3.63) is 180 Å². The molecule has 0 amide bonds. The van der Waals surface area contributed by atoms with Gasteiger partial charge in [0.15, 0.2) is 11.2 Å². The van der Waals surface area contributed by atoms with Gasteiger partial charge in [-0.2, -0.15) is 0 Å². The van der Waals surface area contributed by atoms with Gasteiger partial charge in [0.1, 0.15) is 11.2 Å². The van der Waals surface area contributed by atoms with Crippen LogP contribution >= 0.6 is 0 Å². The average molecular weight is 971 g/mol. The van der Waals surface area contributed by atoms with Gasteiger partial charge >= 0.3 is 0 Å². The Balaban J connectivity index is 1.17. The van der Waals surface area contributed by atoms with Gasteiger partial charge in [0.2, 0.25) is 0 Å². The van der Waals surface area contributed by atoms with Gasteiger partial charge < -0.3 is 18.6 Å². The number of hydrogen-bond acceptors (Lipinski definition) is 4. The summed E-state index contributed by atoms with van der Waals surface area (Å²) in [5.41, 5.74) is 14.4. The maximum absolute atomic E-state index is 6.95. The van der Waals surface area contributed by atoms with E-state index in [1.165, 1.54) is 70.8 Å². The SMILES string of the molecule is CC(C)c1cc(N(c2ccc([Si](C)(C)C)cc2)c2cccc3c2oc2ccccc23)c2cc3c4c(cc(N(c5ccc([Si](C)(C)C)cc5)c5cccc6c5oc5ccccc56)c5ccc1c2c54)CCC3(C)C. The molecule has 6 heteroatoms. The summed E-state index contributed by atoms with van der Waals surface area (Å²) in [4.78, 5) is 5.04. The third-order valence-electron chi connectivity index (χ3n) is 16.2. The van der Waals surface area contributed by atoms with Crippen molar-refractivity contribution in [1.29, 1.82) is 0 Å². The van der Waals surface area contributed by atoms with Gasteiger partial charge in [-0.25, -0.2) is 0 Å². The molecule has 0 unspecified atom stereocenters. The van der Waals surface area contributed by atoms with Crippen LogP contribution in [0.1, 0.15) is 56.7 Å². The second-order valence-electron chi connectivity index (χ2n) is 23.6. The first-order chi connectivity index (χ1) is 34.5. The summed E-state index contributed by atoms with van der Waals surface area (Å²) in [6, 6.07) is 61.8. The zero-order valence-corrected chi connectivity index (χ0v) is 45.3. The van der Waals surface area contributed by atoms with Crippen molar-refractivity contribution in [1.82, 2.24) is 0 Å². The van der Waals surface area contributed by atoms with E-state index in [0.29, 0.717) is 0 Å². The summed E-state index contributed by atoms with van der Waals surface area (Å²) in [7, 11) is -3.19. The van der Waals surface area contributed by atoms with Crippen molar-refractivity contribution in [2.24, 2.45) is 0 Å². The molecule has 0 N–H and O–H groups in total. The van der Waals surface area contributed by atoms with E-state index in [9.17, 15) is 0 Å². The predicted molar refractivity (Wildman–Crippen MR) is 315 cm³/mol. The first-order valence-corrected chi connectivity index (χ1v) is 33.0. The Morgan fingerprint density at radius 2 is 0.931 bits per heavy atom. The molecule has 0 fully saturated rings. The zero-order chi connectivity index (χ0) is 49.6. The Bertz CT molecular complexity index is 4130. The van der Waals surface area contributed by atoms with Gasteiger partial charge in [0.25, 0.3) is 0 Å². The molecule has 1 aliphatic rings. The first-order valence-electron chi connectivity index (χ1n) is 26.0. The summed E-state index contributed by atoms with van der Waals surface area (Å²) in [5.74, 6) is 0.251. The van der Waals surface area contributed by atoms with Crippen LogP contribution in [0.4, 0.5) is 34.1 Å². The smallest absolute Gasteiger partial charge is 0.159 e. The fourth-order valence-electron chi connectivity index (χ4n) is 12.2. The highest BCUT2D eigenvalue weighted by Gasteiger charge is 2.35. The molecule has 0 aliphatic heterocycles. The Morgan fingerprint density at radius 3 is 1.44 bits per heavy atom. The Morgan fingerprint density at radius 1 is 0.444 bits per heavy atom. The minimum Gasteiger partial charge on any atom is -0.454 e. The third kappa shape index (κ3) is 6.82. The predicted octanol–water partition coefficient (Wildman–Crippen LogP) is 18.8. The molecule has 1 aliphatic carbocycles. The normalized spacial score (nSPS) is 14.1. The second kappa shape index (κ2) is 15.9. The van der Waals surface area contributed by atoms with E-state index in [0.717, 1.165) is 79.5 Å². The molecule has 2 heterocycles. The number of benzene rings is 10. The highest BCUT2D eigenvalue weighted by Crippen LogP contribution is 2.55. The zero-order valence-electron chi connectivity index (χ0n) is 43.3. The summed E-state index contributed by atoms with van der Waals surface area (Å²) >= 11 is 0. The van der Waals surface area contributed by atoms with Gasteiger partial charge in [-0.1, -0.05) is 174 Å². The van der Waals surface area contributed by atoms with Crippen molar-refractivity contribution in [3.8, 4) is 0 Å². The van der Waals surface area contributed by atoms with Crippen molar-refractivity contribution < 1.29 is 8.83 Å². The maximum atomic E-state index is 6.95. The Hall–Kier alpha value is -7.13. The van der Waals surface area contributed by atoms with E-state index >= 15 is 0 Å². The molecule has 0 bridgehead atoms. The van der Waals surface area contributed by atoms with Crippen LogP contribution in [0, 0.1) is 0 Å². The lowest BCUT2D eigenvalue weighted by Gasteiger charge is -2.37. The third-order valence-corrected chi connectivity index (χ3v) is 20.3. The van der Waals surface area contributed by atoms with Crippen LogP contribution in [0.5, 0.6) is 0 Å². The van der Waals surface area contributed by atoms with Gasteiger partial charge in [0, 0.05) is 49.1 Å². The standard InChI is InChI=1S/C66H62N2O2Si2/c1-40(2)52-39-58(68(43-27-31-45(32-28-43)72(8,9)10)56-22-16-20-50-47-18-12-14-24-60(47)70-65(50)56)53-38-54-61-41(35-36-66(54,3)4)37-57(51-34-33-48(52)62(53)63(51)61)67(42-25-29-44(30-26-42)71(5,6)7)55-21-15-19-49-46-17-11-13-23-59(46)69-64(49)55/h11-34,37-40H,35-36H2,1-10H3. The second-order valence-corrected chi connectivity index (χ2v) is 33.8. The van der Waals surface area contributed by atoms with E-state index in [-0.39, 0.29) is 11.3 Å². The number of anilines is 6.